The molecule has 1 N–H and O–H groups in total. The number of hydrogen-bond acceptors (Lipinski definition) is 2. The second-order valence-corrected chi connectivity index (χ2v) is 6.01. The van der Waals surface area contributed by atoms with Crippen molar-refractivity contribution in [3.8, 4) is 0 Å². The van der Waals surface area contributed by atoms with E-state index in [0.717, 1.165) is 12.8 Å². The zero-order valence-electron chi connectivity index (χ0n) is 10.1. The summed E-state index contributed by atoms with van der Waals surface area (Å²) in [5.41, 5.74) is 2.58. The Morgan fingerprint density at radius 3 is 2.56 bits per heavy atom. The molecular weight excluding hydrogens is 240 g/mol. The van der Waals surface area contributed by atoms with Crippen LogP contribution in [0.3, 0.4) is 0 Å². The molecule has 0 fully saturated rings. The van der Waals surface area contributed by atoms with E-state index in [1.165, 1.54) is 16.0 Å². The van der Waals surface area contributed by atoms with Crippen molar-refractivity contribution in [3.63, 3.8) is 0 Å². The van der Waals surface area contributed by atoms with Crippen LogP contribution >= 0.6 is 11.8 Å². The van der Waals surface area contributed by atoms with Gasteiger partial charge in [0.05, 0.1) is 6.10 Å². The molecule has 0 radical (unpaired) electrons. The highest BCUT2D eigenvalue weighted by atomic mass is 32.2. The first kappa shape index (κ1) is 11.8. The van der Waals surface area contributed by atoms with Crippen molar-refractivity contribution < 1.29 is 5.11 Å². The van der Waals surface area contributed by atoms with E-state index in [-0.39, 0.29) is 6.10 Å². The fraction of sp³-hybridized carbons (Fsp3) is 0.250. The molecule has 0 spiro atoms. The van der Waals surface area contributed by atoms with Crippen molar-refractivity contribution in [2.75, 3.05) is 0 Å². The van der Waals surface area contributed by atoms with Gasteiger partial charge in [0.15, 0.2) is 0 Å². The summed E-state index contributed by atoms with van der Waals surface area (Å²) >= 11 is 1.81. The zero-order chi connectivity index (χ0) is 12.4. The molecule has 0 saturated heterocycles. The second kappa shape index (κ2) is 5.17. The molecule has 0 saturated carbocycles. The lowest BCUT2D eigenvalue weighted by Gasteiger charge is -2.16. The van der Waals surface area contributed by atoms with Crippen molar-refractivity contribution in [2.45, 2.75) is 29.1 Å². The van der Waals surface area contributed by atoms with Crippen LogP contribution in [0.2, 0.25) is 0 Å². The number of hydrogen-bond donors (Lipinski definition) is 1. The Hall–Kier alpha value is -1.25. The van der Waals surface area contributed by atoms with E-state index in [2.05, 4.69) is 36.4 Å². The molecule has 3 rings (SSSR count). The standard InChI is InChI=1S/C16H16OS/c17-14(10-12-6-2-1-3-7-12)16-11-13-8-4-5-9-15(13)18-16/h1-9,14,16-17H,10-11H2. The van der Waals surface area contributed by atoms with E-state index in [9.17, 15) is 5.11 Å². The van der Waals surface area contributed by atoms with Gasteiger partial charge in [-0.05, 0) is 30.0 Å². The SMILES string of the molecule is OC(Cc1ccccc1)C1Cc2ccccc2S1. The van der Waals surface area contributed by atoms with Gasteiger partial charge in [0.25, 0.3) is 0 Å². The van der Waals surface area contributed by atoms with Gasteiger partial charge >= 0.3 is 0 Å². The molecule has 1 nitrogen and oxygen atoms in total. The van der Waals surface area contributed by atoms with Gasteiger partial charge in [0, 0.05) is 10.1 Å². The van der Waals surface area contributed by atoms with Gasteiger partial charge in [-0.25, -0.2) is 0 Å². The highest BCUT2D eigenvalue weighted by Crippen LogP contribution is 2.38. The number of aliphatic hydroxyl groups is 1. The Bertz CT molecular complexity index is 499. The predicted octanol–water partition coefficient (Wildman–Crippen LogP) is 3.31. The molecular formula is C16H16OS. The fourth-order valence-electron chi connectivity index (χ4n) is 2.41. The lowest BCUT2D eigenvalue weighted by molar-refractivity contribution is 0.172. The lowest BCUT2D eigenvalue weighted by Crippen LogP contribution is -2.24. The summed E-state index contributed by atoms with van der Waals surface area (Å²) in [6.45, 7) is 0. The van der Waals surface area contributed by atoms with Gasteiger partial charge in [-0.3, -0.25) is 0 Å². The first-order chi connectivity index (χ1) is 8.83. The number of thioether (sulfide) groups is 1. The maximum Gasteiger partial charge on any atom is 0.0705 e. The quantitative estimate of drug-likeness (QED) is 0.909. The smallest absolute Gasteiger partial charge is 0.0705 e. The van der Waals surface area contributed by atoms with Crippen LogP contribution in [-0.4, -0.2) is 16.5 Å². The van der Waals surface area contributed by atoms with Gasteiger partial charge in [-0.2, -0.15) is 0 Å². The van der Waals surface area contributed by atoms with Crippen molar-refractivity contribution in [2.24, 2.45) is 0 Å². The molecule has 2 atom stereocenters. The average Bonchev–Trinajstić information content (AvgIpc) is 2.84. The molecule has 0 amide bonds. The van der Waals surface area contributed by atoms with Crippen LogP contribution in [0.5, 0.6) is 0 Å². The van der Waals surface area contributed by atoms with Crippen LogP contribution in [0.4, 0.5) is 0 Å². The molecule has 1 heterocycles. The highest BCUT2D eigenvalue weighted by Gasteiger charge is 2.27. The molecule has 0 aliphatic carbocycles. The van der Waals surface area contributed by atoms with E-state index < -0.39 is 0 Å². The van der Waals surface area contributed by atoms with E-state index in [4.69, 9.17) is 0 Å². The molecule has 2 aromatic carbocycles. The Kier molecular flexibility index (Phi) is 3.39. The van der Waals surface area contributed by atoms with Gasteiger partial charge in [-0.15, -0.1) is 11.8 Å². The molecule has 92 valence electrons. The number of benzene rings is 2. The highest BCUT2D eigenvalue weighted by molar-refractivity contribution is 8.00. The first-order valence-corrected chi connectivity index (χ1v) is 7.17. The van der Waals surface area contributed by atoms with E-state index in [1.807, 2.05) is 30.0 Å². The van der Waals surface area contributed by atoms with Gasteiger partial charge in [0.2, 0.25) is 0 Å². The van der Waals surface area contributed by atoms with E-state index in [1.54, 1.807) is 0 Å². The minimum absolute atomic E-state index is 0.273. The minimum atomic E-state index is -0.273. The normalized spacial score (nSPS) is 19.5. The maximum atomic E-state index is 10.4. The average molecular weight is 256 g/mol. The summed E-state index contributed by atoms with van der Waals surface area (Å²) in [6, 6.07) is 18.7. The predicted molar refractivity (Wildman–Crippen MR) is 75.9 cm³/mol. The van der Waals surface area contributed by atoms with Crippen LogP contribution in [0.25, 0.3) is 0 Å². The fourth-order valence-corrected chi connectivity index (χ4v) is 3.71. The van der Waals surface area contributed by atoms with Crippen LogP contribution in [0.15, 0.2) is 59.5 Å². The second-order valence-electron chi connectivity index (χ2n) is 4.73. The molecule has 1 aliphatic heterocycles. The van der Waals surface area contributed by atoms with Crippen molar-refractivity contribution in [1.29, 1.82) is 0 Å². The van der Waals surface area contributed by atoms with Crippen molar-refractivity contribution in [1.82, 2.24) is 0 Å². The number of rotatable bonds is 3. The number of fused-ring (bicyclic) bond motifs is 1. The van der Waals surface area contributed by atoms with Crippen LogP contribution < -0.4 is 0 Å². The van der Waals surface area contributed by atoms with Crippen LogP contribution in [0.1, 0.15) is 11.1 Å². The summed E-state index contributed by atoms with van der Waals surface area (Å²) in [5, 5.41) is 10.6. The molecule has 1 aliphatic rings. The third-order valence-electron chi connectivity index (χ3n) is 3.39. The largest absolute Gasteiger partial charge is 0.392 e. The van der Waals surface area contributed by atoms with Gasteiger partial charge < -0.3 is 5.11 Å². The van der Waals surface area contributed by atoms with Crippen molar-refractivity contribution in [3.05, 3.63) is 65.7 Å². The monoisotopic (exact) mass is 256 g/mol. The molecule has 0 bridgehead atoms. The third kappa shape index (κ3) is 2.45. The molecule has 0 aromatic heterocycles. The number of aliphatic hydroxyl groups excluding tert-OH is 1. The Balaban J connectivity index is 1.67. The van der Waals surface area contributed by atoms with Gasteiger partial charge in [-0.1, -0.05) is 48.5 Å². The third-order valence-corrected chi connectivity index (χ3v) is 4.82. The maximum absolute atomic E-state index is 10.4. The molecule has 18 heavy (non-hydrogen) atoms. The first-order valence-electron chi connectivity index (χ1n) is 6.29. The van der Waals surface area contributed by atoms with Crippen LogP contribution in [-0.2, 0) is 12.8 Å². The Labute approximate surface area is 112 Å². The lowest BCUT2D eigenvalue weighted by atomic mass is 10.0. The summed E-state index contributed by atoms with van der Waals surface area (Å²) in [6.07, 6.45) is 1.45. The summed E-state index contributed by atoms with van der Waals surface area (Å²) < 4.78 is 0. The topological polar surface area (TPSA) is 20.2 Å². The van der Waals surface area contributed by atoms with Crippen molar-refractivity contribution >= 4 is 11.8 Å². The van der Waals surface area contributed by atoms with E-state index in [0.29, 0.717) is 5.25 Å². The Morgan fingerprint density at radius 1 is 1.06 bits per heavy atom. The molecule has 2 heteroatoms. The minimum Gasteiger partial charge on any atom is -0.392 e. The molecule has 2 aromatic rings. The van der Waals surface area contributed by atoms with Gasteiger partial charge in [0.1, 0.15) is 0 Å². The molecule has 2 unspecified atom stereocenters. The van der Waals surface area contributed by atoms with Crippen LogP contribution in [0, 0.1) is 0 Å². The zero-order valence-corrected chi connectivity index (χ0v) is 10.9. The summed E-state index contributed by atoms with van der Waals surface area (Å²) in [7, 11) is 0. The Morgan fingerprint density at radius 2 is 1.78 bits per heavy atom. The summed E-state index contributed by atoms with van der Waals surface area (Å²) in [5.74, 6) is 0. The van der Waals surface area contributed by atoms with E-state index >= 15 is 0 Å². The summed E-state index contributed by atoms with van der Waals surface area (Å²) in [4.78, 5) is 1.33.